The molecule has 1 unspecified atom stereocenters. The quantitative estimate of drug-likeness (QED) is 0.585. The van der Waals surface area contributed by atoms with Gasteiger partial charge < -0.3 is 5.32 Å². The molecule has 1 nitrogen and oxygen atoms in total. The highest BCUT2D eigenvalue weighted by molar-refractivity contribution is 9.10. The molecule has 0 aliphatic heterocycles. The minimum atomic E-state index is 0.0137. The molecule has 20 heavy (non-hydrogen) atoms. The zero-order valence-corrected chi connectivity index (χ0v) is 15.4. The van der Waals surface area contributed by atoms with E-state index in [4.69, 9.17) is 34.8 Å². The third-order valence-electron chi connectivity index (χ3n) is 2.87. The number of hydrogen-bond donors (Lipinski definition) is 1. The molecule has 1 atom stereocenters. The highest BCUT2D eigenvalue weighted by Crippen LogP contribution is 2.38. The van der Waals surface area contributed by atoms with Crippen molar-refractivity contribution >= 4 is 62.1 Å². The van der Waals surface area contributed by atoms with E-state index in [0.29, 0.717) is 9.36 Å². The first kappa shape index (κ1) is 16.6. The van der Waals surface area contributed by atoms with Crippen LogP contribution in [0.3, 0.4) is 0 Å². The van der Waals surface area contributed by atoms with E-state index in [-0.39, 0.29) is 6.04 Å². The smallest absolute Gasteiger partial charge is 0.0995 e. The second-order valence-corrected chi connectivity index (χ2v) is 7.89. The average molecular weight is 414 g/mol. The van der Waals surface area contributed by atoms with E-state index >= 15 is 0 Å². The van der Waals surface area contributed by atoms with E-state index in [2.05, 4.69) is 28.2 Å². The number of nitrogens with one attached hydrogen (secondary N) is 1. The van der Waals surface area contributed by atoms with E-state index in [0.717, 1.165) is 32.9 Å². The standard InChI is InChI=1S/C14H13BrCl3NS/c1-2-5-19-13(9-7-12(17)20-14(9)18)8-3-4-11(16)10(15)6-8/h3-4,6-7,13,19H,2,5H2,1H3. The van der Waals surface area contributed by atoms with Gasteiger partial charge in [0.05, 0.1) is 19.7 Å². The average Bonchev–Trinajstić information content (AvgIpc) is 2.73. The van der Waals surface area contributed by atoms with Gasteiger partial charge in [0.25, 0.3) is 0 Å². The molecule has 108 valence electrons. The number of rotatable bonds is 5. The van der Waals surface area contributed by atoms with Crippen LogP contribution in [0.15, 0.2) is 28.7 Å². The Hall–Kier alpha value is 0.230. The van der Waals surface area contributed by atoms with Crippen molar-refractivity contribution in [2.75, 3.05) is 6.54 Å². The monoisotopic (exact) mass is 411 g/mol. The summed E-state index contributed by atoms with van der Waals surface area (Å²) in [7, 11) is 0. The Labute approximate surface area is 146 Å². The topological polar surface area (TPSA) is 12.0 Å². The summed E-state index contributed by atoms with van der Waals surface area (Å²) in [6, 6.07) is 7.83. The Balaban J connectivity index is 2.41. The lowest BCUT2D eigenvalue weighted by Gasteiger charge is -2.19. The van der Waals surface area contributed by atoms with Gasteiger partial charge in [0.1, 0.15) is 0 Å². The summed E-state index contributed by atoms with van der Waals surface area (Å²) in [6.45, 7) is 3.03. The fraction of sp³-hybridized carbons (Fsp3) is 0.286. The molecule has 1 aromatic heterocycles. The van der Waals surface area contributed by atoms with Crippen LogP contribution in [0.2, 0.25) is 13.7 Å². The van der Waals surface area contributed by atoms with Gasteiger partial charge in [-0.05, 0) is 52.7 Å². The second kappa shape index (κ2) is 7.48. The molecule has 2 rings (SSSR count). The number of halogens is 4. The predicted octanol–water partition coefficient (Wildman–Crippen LogP) is 6.56. The van der Waals surface area contributed by atoms with Crippen LogP contribution >= 0.6 is 62.1 Å². The van der Waals surface area contributed by atoms with Crippen LogP contribution in [0.4, 0.5) is 0 Å². The van der Waals surface area contributed by atoms with Crippen LogP contribution in [0.5, 0.6) is 0 Å². The maximum atomic E-state index is 6.30. The Kier molecular flexibility index (Phi) is 6.21. The van der Waals surface area contributed by atoms with Crippen LogP contribution in [0.25, 0.3) is 0 Å². The van der Waals surface area contributed by atoms with Crippen LogP contribution in [-0.4, -0.2) is 6.54 Å². The molecule has 0 aliphatic carbocycles. The van der Waals surface area contributed by atoms with Gasteiger partial charge in [-0.1, -0.05) is 47.8 Å². The zero-order valence-electron chi connectivity index (χ0n) is 10.7. The zero-order chi connectivity index (χ0) is 14.7. The van der Waals surface area contributed by atoms with E-state index in [1.165, 1.54) is 11.3 Å². The fourth-order valence-corrected chi connectivity index (χ4v) is 3.98. The van der Waals surface area contributed by atoms with Gasteiger partial charge in [-0.3, -0.25) is 0 Å². The van der Waals surface area contributed by atoms with Crippen molar-refractivity contribution in [3.63, 3.8) is 0 Å². The van der Waals surface area contributed by atoms with Crippen molar-refractivity contribution in [3.05, 3.63) is 53.6 Å². The van der Waals surface area contributed by atoms with Crippen molar-refractivity contribution in [1.29, 1.82) is 0 Å². The van der Waals surface area contributed by atoms with Gasteiger partial charge in [-0.2, -0.15) is 0 Å². The van der Waals surface area contributed by atoms with Gasteiger partial charge in [0.2, 0.25) is 0 Å². The first-order valence-corrected chi connectivity index (χ1v) is 8.90. The summed E-state index contributed by atoms with van der Waals surface area (Å²) < 4.78 is 2.29. The van der Waals surface area contributed by atoms with Gasteiger partial charge in [-0.25, -0.2) is 0 Å². The van der Waals surface area contributed by atoms with E-state index in [1.54, 1.807) is 0 Å². The molecule has 2 aromatic rings. The molecule has 1 N–H and O–H groups in total. The summed E-state index contributed by atoms with van der Waals surface area (Å²) >= 11 is 23.3. The van der Waals surface area contributed by atoms with Crippen LogP contribution in [-0.2, 0) is 0 Å². The minimum absolute atomic E-state index is 0.0137. The highest BCUT2D eigenvalue weighted by Gasteiger charge is 2.19. The minimum Gasteiger partial charge on any atom is -0.306 e. The molecule has 0 saturated carbocycles. The molecule has 0 radical (unpaired) electrons. The van der Waals surface area contributed by atoms with Crippen molar-refractivity contribution in [3.8, 4) is 0 Å². The maximum absolute atomic E-state index is 6.30. The summed E-state index contributed by atoms with van der Waals surface area (Å²) in [6.07, 6.45) is 1.04. The van der Waals surface area contributed by atoms with E-state index in [1.807, 2.05) is 24.3 Å². The molecule has 0 fully saturated rings. The third-order valence-corrected chi connectivity index (χ3v) is 5.60. The number of hydrogen-bond acceptors (Lipinski definition) is 2. The molecule has 6 heteroatoms. The summed E-state index contributed by atoms with van der Waals surface area (Å²) in [4.78, 5) is 0. The molecular weight excluding hydrogens is 400 g/mol. The molecule has 0 bridgehead atoms. The lowest BCUT2D eigenvalue weighted by atomic mass is 10.0. The van der Waals surface area contributed by atoms with Gasteiger partial charge in [-0.15, -0.1) is 11.3 Å². The van der Waals surface area contributed by atoms with Gasteiger partial charge in [0, 0.05) is 10.0 Å². The van der Waals surface area contributed by atoms with Gasteiger partial charge in [0.15, 0.2) is 0 Å². The molecule has 1 aromatic carbocycles. The lowest BCUT2D eigenvalue weighted by Crippen LogP contribution is -2.23. The van der Waals surface area contributed by atoms with Crippen LogP contribution in [0, 0.1) is 0 Å². The van der Waals surface area contributed by atoms with Crippen molar-refractivity contribution < 1.29 is 0 Å². The fourth-order valence-electron chi connectivity index (χ4n) is 1.94. The van der Waals surface area contributed by atoms with Crippen molar-refractivity contribution in [1.82, 2.24) is 5.32 Å². The number of benzene rings is 1. The predicted molar refractivity (Wildman–Crippen MR) is 93.6 cm³/mol. The van der Waals surface area contributed by atoms with Crippen molar-refractivity contribution in [2.45, 2.75) is 19.4 Å². The molecule has 0 spiro atoms. The third kappa shape index (κ3) is 3.90. The van der Waals surface area contributed by atoms with Crippen LogP contribution in [0.1, 0.15) is 30.5 Å². The Bertz CT molecular complexity index is 600. The first-order chi connectivity index (χ1) is 9.52. The molecule has 1 heterocycles. The number of thiophene rings is 1. The highest BCUT2D eigenvalue weighted by atomic mass is 79.9. The van der Waals surface area contributed by atoms with E-state index in [9.17, 15) is 0 Å². The Morgan fingerprint density at radius 2 is 2.00 bits per heavy atom. The lowest BCUT2D eigenvalue weighted by molar-refractivity contribution is 0.600. The second-order valence-electron chi connectivity index (χ2n) is 4.34. The first-order valence-electron chi connectivity index (χ1n) is 6.16. The molecular formula is C14H13BrCl3NS. The SMILES string of the molecule is CCCNC(c1ccc(Cl)c(Br)c1)c1cc(Cl)sc1Cl. The molecule has 0 saturated heterocycles. The molecule has 0 aliphatic rings. The summed E-state index contributed by atoms with van der Waals surface area (Å²) in [5.74, 6) is 0. The Morgan fingerprint density at radius 3 is 2.55 bits per heavy atom. The maximum Gasteiger partial charge on any atom is 0.0995 e. The van der Waals surface area contributed by atoms with Gasteiger partial charge >= 0.3 is 0 Å². The molecule has 0 amide bonds. The van der Waals surface area contributed by atoms with E-state index < -0.39 is 0 Å². The summed E-state index contributed by atoms with van der Waals surface area (Å²) in [5, 5.41) is 4.19. The Morgan fingerprint density at radius 1 is 1.25 bits per heavy atom. The largest absolute Gasteiger partial charge is 0.306 e. The van der Waals surface area contributed by atoms with Crippen molar-refractivity contribution in [2.24, 2.45) is 0 Å². The normalized spacial score (nSPS) is 12.7. The van der Waals surface area contributed by atoms with Crippen LogP contribution < -0.4 is 5.32 Å². The summed E-state index contributed by atoms with van der Waals surface area (Å²) in [5.41, 5.74) is 2.11.